The molecule has 8 atom stereocenters. The van der Waals surface area contributed by atoms with E-state index in [9.17, 15) is 5.11 Å². The molecular formula is C26H42O2. The molecule has 3 saturated carbocycles. The molecule has 0 aromatic heterocycles. The zero-order valence-corrected chi connectivity index (χ0v) is 18.8. The summed E-state index contributed by atoms with van der Waals surface area (Å²) in [5.74, 6) is 4.02. The number of aliphatic hydroxyl groups is 1. The third kappa shape index (κ3) is 3.28. The third-order valence-corrected chi connectivity index (χ3v) is 9.52. The molecule has 2 heteroatoms. The SMILES string of the molecule is CC(C)=COCC(C)[C@H]1CC[C@H]2[C@@H]3CC=C4C[C@@H](O)CC[C@]4(C)[C@H]3CC[C@]12C. The van der Waals surface area contributed by atoms with E-state index in [2.05, 4.69) is 40.7 Å². The van der Waals surface area contributed by atoms with Crippen molar-refractivity contribution >= 4 is 0 Å². The first-order valence-corrected chi connectivity index (χ1v) is 11.9. The van der Waals surface area contributed by atoms with Crippen LogP contribution < -0.4 is 0 Å². The fourth-order valence-electron chi connectivity index (χ4n) is 8.10. The number of ether oxygens (including phenoxy) is 1. The van der Waals surface area contributed by atoms with Gasteiger partial charge in [-0.3, -0.25) is 0 Å². The Bertz CT molecular complexity index is 645. The van der Waals surface area contributed by atoms with Crippen molar-refractivity contribution in [3.63, 3.8) is 0 Å². The van der Waals surface area contributed by atoms with Gasteiger partial charge in [-0.2, -0.15) is 0 Å². The van der Waals surface area contributed by atoms with Gasteiger partial charge in [-0.1, -0.05) is 32.4 Å². The van der Waals surface area contributed by atoms with E-state index in [1.54, 1.807) is 5.57 Å². The first kappa shape index (κ1) is 20.5. The second-order valence-electron chi connectivity index (χ2n) is 11.4. The van der Waals surface area contributed by atoms with Crippen molar-refractivity contribution < 1.29 is 9.84 Å². The van der Waals surface area contributed by atoms with Gasteiger partial charge in [0.25, 0.3) is 0 Å². The minimum Gasteiger partial charge on any atom is -0.501 e. The largest absolute Gasteiger partial charge is 0.501 e. The fraction of sp³-hybridized carbons (Fsp3) is 0.846. The van der Waals surface area contributed by atoms with Gasteiger partial charge in [0.2, 0.25) is 0 Å². The van der Waals surface area contributed by atoms with Crippen LogP contribution in [0.1, 0.15) is 86.0 Å². The standard InChI is InChI=1S/C26H42O2/c1-17(2)15-28-16-18(3)22-8-9-23-21-7-6-19-14-20(27)10-12-25(19,4)24(21)11-13-26(22,23)5/h6,15,18,20-24,27H,7-14,16H2,1-5H3/t18?,20-,21-,22+,23-,24-,25-,26+/m0/s1. The van der Waals surface area contributed by atoms with E-state index in [-0.39, 0.29) is 6.10 Å². The number of hydrogen-bond acceptors (Lipinski definition) is 2. The van der Waals surface area contributed by atoms with Crippen LogP contribution in [-0.2, 0) is 4.74 Å². The average Bonchev–Trinajstić information content (AvgIpc) is 2.99. The molecule has 1 N–H and O–H groups in total. The Hall–Kier alpha value is -0.760. The van der Waals surface area contributed by atoms with Gasteiger partial charge >= 0.3 is 0 Å². The summed E-state index contributed by atoms with van der Waals surface area (Å²) in [4.78, 5) is 0. The molecule has 0 radical (unpaired) electrons. The molecule has 0 amide bonds. The maximum Gasteiger partial charge on any atom is 0.0901 e. The number of hydrogen-bond donors (Lipinski definition) is 1. The number of aliphatic hydroxyl groups excluding tert-OH is 1. The Morgan fingerprint density at radius 1 is 1.18 bits per heavy atom. The minimum atomic E-state index is -0.0951. The molecule has 28 heavy (non-hydrogen) atoms. The quantitative estimate of drug-likeness (QED) is 0.441. The molecular weight excluding hydrogens is 344 g/mol. The van der Waals surface area contributed by atoms with Crippen LogP contribution in [0.4, 0.5) is 0 Å². The highest BCUT2D eigenvalue weighted by Gasteiger charge is 2.59. The van der Waals surface area contributed by atoms with Gasteiger partial charge in [-0.25, -0.2) is 0 Å². The van der Waals surface area contributed by atoms with Gasteiger partial charge in [0.05, 0.1) is 19.0 Å². The Morgan fingerprint density at radius 2 is 1.96 bits per heavy atom. The second-order valence-corrected chi connectivity index (χ2v) is 11.4. The molecule has 0 saturated heterocycles. The van der Waals surface area contributed by atoms with Crippen LogP contribution in [0.3, 0.4) is 0 Å². The van der Waals surface area contributed by atoms with Crippen molar-refractivity contribution in [1.82, 2.24) is 0 Å². The molecule has 0 aromatic carbocycles. The number of fused-ring (bicyclic) bond motifs is 5. The zero-order chi connectivity index (χ0) is 20.1. The topological polar surface area (TPSA) is 29.5 Å². The highest BCUT2D eigenvalue weighted by atomic mass is 16.5. The van der Waals surface area contributed by atoms with Crippen molar-refractivity contribution in [1.29, 1.82) is 0 Å². The molecule has 0 aliphatic heterocycles. The first-order chi connectivity index (χ1) is 13.3. The number of rotatable bonds is 4. The smallest absolute Gasteiger partial charge is 0.0901 e. The lowest BCUT2D eigenvalue weighted by Gasteiger charge is -2.58. The highest BCUT2D eigenvalue weighted by Crippen LogP contribution is 2.67. The molecule has 0 aromatic rings. The van der Waals surface area contributed by atoms with Crippen molar-refractivity contribution in [3.05, 3.63) is 23.5 Å². The van der Waals surface area contributed by atoms with Gasteiger partial charge in [0, 0.05) is 0 Å². The molecule has 4 aliphatic carbocycles. The molecule has 158 valence electrons. The van der Waals surface area contributed by atoms with Crippen molar-refractivity contribution in [2.45, 2.75) is 92.1 Å². The predicted octanol–water partition coefficient (Wildman–Crippen LogP) is 6.50. The average molecular weight is 387 g/mol. The fourth-order valence-corrected chi connectivity index (χ4v) is 8.10. The van der Waals surface area contributed by atoms with E-state index in [0.717, 1.165) is 43.1 Å². The van der Waals surface area contributed by atoms with E-state index in [1.165, 1.54) is 44.1 Å². The Balaban J connectivity index is 1.51. The van der Waals surface area contributed by atoms with Gasteiger partial charge in [0.1, 0.15) is 0 Å². The van der Waals surface area contributed by atoms with Crippen LogP contribution in [0.2, 0.25) is 0 Å². The molecule has 0 heterocycles. The molecule has 1 unspecified atom stereocenters. The van der Waals surface area contributed by atoms with Crippen molar-refractivity contribution in [3.8, 4) is 0 Å². The van der Waals surface area contributed by atoms with E-state index < -0.39 is 0 Å². The van der Waals surface area contributed by atoms with Crippen LogP contribution in [0, 0.1) is 40.4 Å². The van der Waals surface area contributed by atoms with Crippen LogP contribution in [0.25, 0.3) is 0 Å². The summed E-state index contributed by atoms with van der Waals surface area (Å²) >= 11 is 0. The first-order valence-electron chi connectivity index (χ1n) is 11.9. The van der Waals surface area contributed by atoms with E-state index in [0.29, 0.717) is 16.7 Å². The summed E-state index contributed by atoms with van der Waals surface area (Å²) in [5.41, 5.74) is 3.69. The van der Waals surface area contributed by atoms with Gasteiger partial charge < -0.3 is 9.84 Å². The second kappa shape index (κ2) is 7.49. The van der Waals surface area contributed by atoms with Crippen molar-refractivity contribution in [2.24, 2.45) is 40.4 Å². The van der Waals surface area contributed by atoms with Crippen LogP contribution >= 0.6 is 0 Å². The van der Waals surface area contributed by atoms with Crippen LogP contribution in [0.5, 0.6) is 0 Å². The predicted molar refractivity (Wildman–Crippen MR) is 116 cm³/mol. The molecule has 4 aliphatic rings. The maximum absolute atomic E-state index is 10.2. The Kier molecular flexibility index (Phi) is 5.49. The molecule has 0 bridgehead atoms. The Labute approximate surface area is 172 Å². The maximum atomic E-state index is 10.2. The third-order valence-electron chi connectivity index (χ3n) is 9.52. The van der Waals surface area contributed by atoms with Crippen LogP contribution in [0.15, 0.2) is 23.5 Å². The normalized spacial score (nSPS) is 45.9. The summed E-state index contributed by atoms with van der Waals surface area (Å²) in [5, 5.41) is 10.2. The zero-order valence-electron chi connectivity index (χ0n) is 18.8. The minimum absolute atomic E-state index is 0.0951. The van der Waals surface area contributed by atoms with E-state index in [1.807, 2.05) is 6.26 Å². The summed E-state index contributed by atoms with van der Waals surface area (Å²) in [6.07, 6.45) is 14.4. The summed E-state index contributed by atoms with van der Waals surface area (Å²) in [7, 11) is 0. The summed E-state index contributed by atoms with van der Waals surface area (Å²) in [6, 6.07) is 0. The van der Waals surface area contributed by atoms with E-state index in [4.69, 9.17) is 4.74 Å². The van der Waals surface area contributed by atoms with Crippen molar-refractivity contribution in [2.75, 3.05) is 6.61 Å². The lowest BCUT2D eigenvalue weighted by Crippen LogP contribution is -2.51. The highest BCUT2D eigenvalue weighted by molar-refractivity contribution is 5.25. The molecule has 2 nitrogen and oxygen atoms in total. The lowest BCUT2D eigenvalue weighted by molar-refractivity contribution is -0.0602. The molecule has 0 spiro atoms. The van der Waals surface area contributed by atoms with Gasteiger partial charge in [-0.15, -0.1) is 0 Å². The van der Waals surface area contributed by atoms with E-state index >= 15 is 0 Å². The summed E-state index contributed by atoms with van der Waals surface area (Å²) < 4.78 is 5.90. The monoisotopic (exact) mass is 386 g/mol. The number of allylic oxidation sites excluding steroid dienone is 2. The summed E-state index contributed by atoms with van der Waals surface area (Å²) in [6.45, 7) is 12.7. The van der Waals surface area contributed by atoms with Gasteiger partial charge in [-0.05, 0) is 111 Å². The van der Waals surface area contributed by atoms with Crippen LogP contribution in [-0.4, -0.2) is 17.8 Å². The molecule has 3 fully saturated rings. The lowest BCUT2D eigenvalue weighted by atomic mass is 9.47. The van der Waals surface area contributed by atoms with Gasteiger partial charge in [0.15, 0.2) is 0 Å². The Morgan fingerprint density at radius 3 is 2.71 bits per heavy atom. The molecule has 4 rings (SSSR count).